The first-order chi connectivity index (χ1) is 12.4. The molecule has 0 saturated carbocycles. The highest BCUT2D eigenvalue weighted by Gasteiger charge is 2.43. The second-order valence-corrected chi connectivity index (χ2v) is 7.05. The minimum absolute atomic E-state index is 0.0314. The van der Waals surface area contributed by atoms with Crippen molar-refractivity contribution in [3.05, 3.63) is 35.6 Å². The number of amides is 1. The zero-order valence-corrected chi connectivity index (χ0v) is 15.0. The number of likely N-dealkylation sites (tertiary alicyclic amines) is 1. The standard InChI is InChI=1S/C19H26BFN2O3/c20-10-2-1-9-19(22,18(25)26)15-7-11-23(12-8-15)17(24)13-14-3-5-16(21)6-4-14/h3-6,15H,1-2,7-13,22H2,(H,25,26). The Bertz CT molecular complexity index is 618. The average molecular weight is 360 g/mol. The quantitative estimate of drug-likeness (QED) is 0.550. The minimum atomic E-state index is -1.26. The van der Waals surface area contributed by atoms with E-state index >= 15 is 0 Å². The average Bonchev–Trinajstić information content (AvgIpc) is 2.63. The van der Waals surface area contributed by atoms with Gasteiger partial charge in [0.2, 0.25) is 5.91 Å². The zero-order valence-electron chi connectivity index (χ0n) is 15.0. The molecule has 1 saturated heterocycles. The Balaban J connectivity index is 1.91. The summed E-state index contributed by atoms with van der Waals surface area (Å²) in [4.78, 5) is 25.9. The third-order valence-electron chi connectivity index (χ3n) is 5.29. The van der Waals surface area contributed by atoms with Crippen molar-refractivity contribution in [1.82, 2.24) is 4.90 Å². The Morgan fingerprint density at radius 3 is 2.38 bits per heavy atom. The maximum atomic E-state index is 12.9. The molecule has 0 spiro atoms. The highest BCUT2D eigenvalue weighted by atomic mass is 19.1. The number of nitrogens with two attached hydrogens (primary N) is 1. The van der Waals surface area contributed by atoms with Gasteiger partial charge in [0.1, 0.15) is 11.4 Å². The number of benzene rings is 1. The van der Waals surface area contributed by atoms with Crippen molar-refractivity contribution in [1.29, 1.82) is 0 Å². The van der Waals surface area contributed by atoms with E-state index in [1.54, 1.807) is 17.0 Å². The van der Waals surface area contributed by atoms with Gasteiger partial charge in [-0.05, 0) is 42.9 Å². The molecule has 1 aromatic rings. The van der Waals surface area contributed by atoms with Crippen LogP contribution in [0.5, 0.6) is 0 Å². The fourth-order valence-electron chi connectivity index (χ4n) is 3.58. The third kappa shape index (κ3) is 5.07. The molecule has 0 aromatic heterocycles. The predicted octanol–water partition coefficient (Wildman–Crippen LogP) is 2.15. The molecule has 0 aliphatic carbocycles. The van der Waals surface area contributed by atoms with Crippen LogP contribution in [0.25, 0.3) is 0 Å². The summed E-state index contributed by atoms with van der Waals surface area (Å²) in [5, 5.41) is 9.61. The first-order valence-corrected chi connectivity index (χ1v) is 9.11. The van der Waals surface area contributed by atoms with Crippen LogP contribution in [0.2, 0.25) is 6.32 Å². The molecule has 1 heterocycles. The fourth-order valence-corrected chi connectivity index (χ4v) is 3.58. The van der Waals surface area contributed by atoms with Gasteiger partial charge in [-0.2, -0.15) is 0 Å². The zero-order chi connectivity index (χ0) is 19.2. The van der Waals surface area contributed by atoms with Gasteiger partial charge in [-0.1, -0.05) is 31.3 Å². The lowest BCUT2D eigenvalue weighted by Crippen LogP contribution is -2.57. The van der Waals surface area contributed by atoms with Crippen LogP contribution >= 0.6 is 0 Å². The second-order valence-electron chi connectivity index (χ2n) is 7.05. The van der Waals surface area contributed by atoms with Crippen LogP contribution in [0.4, 0.5) is 4.39 Å². The number of hydrogen-bond acceptors (Lipinski definition) is 3. The molecule has 1 amide bonds. The van der Waals surface area contributed by atoms with Crippen molar-refractivity contribution in [3.8, 4) is 0 Å². The van der Waals surface area contributed by atoms with Crippen LogP contribution in [0.1, 0.15) is 37.7 Å². The first kappa shape index (κ1) is 20.4. The lowest BCUT2D eigenvalue weighted by Gasteiger charge is -2.40. The molecule has 1 atom stereocenters. The number of aliphatic carboxylic acids is 1. The number of nitrogens with zero attached hydrogens (tertiary/aromatic N) is 1. The van der Waals surface area contributed by atoms with E-state index < -0.39 is 11.5 Å². The van der Waals surface area contributed by atoms with E-state index in [4.69, 9.17) is 13.6 Å². The van der Waals surface area contributed by atoms with Crippen LogP contribution in [0, 0.1) is 11.7 Å². The molecule has 2 radical (unpaired) electrons. The molecule has 140 valence electrons. The van der Waals surface area contributed by atoms with Crippen molar-refractivity contribution in [3.63, 3.8) is 0 Å². The van der Waals surface area contributed by atoms with E-state index in [0.717, 1.165) is 12.0 Å². The summed E-state index contributed by atoms with van der Waals surface area (Å²) in [6, 6.07) is 5.89. The second kappa shape index (κ2) is 9.17. The van der Waals surface area contributed by atoms with E-state index in [-0.39, 0.29) is 24.1 Å². The van der Waals surface area contributed by atoms with Gasteiger partial charge < -0.3 is 15.7 Å². The Kier molecular flexibility index (Phi) is 7.20. The summed E-state index contributed by atoms with van der Waals surface area (Å²) < 4.78 is 12.9. The maximum Gasteiger partial charge on any atom is 0.323 e. The largest absolute Gasteiger partial charge is 0.480 e. The molecular weight excluding hydrogens is 334 g/mol. The number of rotatable bonds is 8. The lowest BCUT2D eigenvalue weighted by molar-refractivity contribution is -0.147. The van der Waals surface area contributed by atoms with Crippen molar-refractivity contribution >= 4 is 19.7 Å². The highest BCUT2D eigenvalue weighted by Crippen LogP contribution is 2.31. The summed E-state index contributed by atoms with van der Waals surface area (Å²) in [6.07, 6.45) is 3.71. The van der Waals surface area contributed by atoms with Crippen molar-refractivity contribution in [2.45, 2.75) is 50.4 Å². The topological polar surface area (TPSA) is 83.6 Å². The van der Waals surface area contributed by atoms with Gasteiger partial charge in [0.15, 0.2) is 0 Å². The molecule has 5 nitrogen and oxygen atoms in total. The van der Waals surface area contributed by atoms with Crippen molar-refractivity contribution < 1.29 is 19.1 Å². The van der Waals surface area contributed by atoms with Crippen LogP contribution in [0.3, 0.4) is 0 Å². The molecule has 1 aliphatic rings. The Morgan fingerprint density at radius 1 is 1.23 bits per heavy atom. The van der Waals surface area contributed by atoms with E-state index in [1.807, 2.05) is 0 Å². The molecular formula is C19H26BFN2O3. The summed E-state index contributed by atoms with van der Waals surface area (Å²) >= 11 is 0. The van der Waals surface area contributed by atoms with Gasteiger partial charge in [0, 0.05) is 13.1 Å². The number of unbranched alkanes of at least 4 members (excludes halogenated alkanes) is 1. The van der Waals surface area contributed by atoms with E-state index in [9.17, 15) is 19.1 Å². The molecule has 3 N–H and O–H groups in total. The lowest BCUT2D eigenvalue weighted by atomic mass is 9.75. The van der Waals surface area contributed by atoms with Crippen LogP contribution in [0.15, 0.2) is 24.3 Å². The number of carboxylic acid groups (broad SMARTS) is 1. The molecule has 1 aromatic carbocycles. The normalized spacial score (nSPS) is 17.7. The molecule has 1 fully saturated rings. The van der Waals surface area contributed by atoms with Gasteiger partial charge in [0.25, 0.3) is 0 Å². The van der Waals surface area contributed by atoms with Gasteiger partial charge >= 0.3 is 5.97 Å². The molecule has 26 heavy (non-hydrogen) atoms. The fraction of sp³-hybridized carbons (Fsp3) is 0.579. The van der Waals surface area contributed by atoms with Gasteiger partial charge in [0.05, 0.1) is 14.3 Å². The molecule has 0 bridgehead atoms. The SMILES string of the molecule is [B]CCCCC(N)(C(=O)O)C1CCN(C(=O)Cc2ccc(F)cc2)CC1. The Morgan fingerprint density at radius 2 is 1.85 bits per heavy atom. The first-order valence-electron chi connectivity index (χ1n) is 9.11. The van der Waals surface area contributed by atoms with Gasteiger partial charge in [-0.15, -0.1) is 0 Å². The van der Waals surface area contributed by atoms with Gasteiger partial charge in [-0.3, -0.25) is 9.59 Å². The monoisotopic (exact) mass is 360 g/mol. The minimum Gasteiger partial charge on any atom is -0.480 e. The number of piperidine rings is 1. The third-order valence-corrected chi connectivity index (χ3v) is 5.29. The van der Waals surface area contributed by atoms with E-state index in [0.29, 0.717) is 45.1 Å². The Labute approximate surface area is 155 Å². The summed E-state index contributed by atoms with van der Waals surface area (Å²) in [7, 11) is 5.48. The maximum absolute atomic E-state index is 12.9. The number of carbonyl (C=O) groups is 2. The smallest absolute Gasteiger partial charge is 0.323 e. The van der Waals surface area contributed by atoms with Gasteiger partial charge in [-0.25, -0.2) is 4.39 Å². The van der Waals surface area contributed by atoms with Crippen LogP contribution in [-0.4, -0.2) is 48.4 Å². The number of carbonyl (C=O) groups excluding carboxylic acids is 1. The van der Waals surface area contributed by atoms with Crippen LogP contribution in [-0.2, 0) is 16.0 Å². The van der Waals surface area contributed by atoms with E-state index in [2.05, 4.69) is 0 Å². The molecule has 2 rings (SSSR count). The van der Waals surface area contributed by atoms with Crippen molar-refractivity contribution in [2.75, 3.05) is 13.1 Å². The summed E-state index contributed by atoms with van der Waals surface area (Å²) in [6.45, 7) is 0.988. The molecule has 1 aliphatic heterocycles. The predicted molar refractivity (Wildman–Crippen MR) is 98.4 cm³/mol. The summed E-state index contributed by atoms with van der Waals surface area (Å²) in [5.41, 5.74) is 5.74. The number of hydrogen-bond donors (Lipinski definition) is 2. The Hall–Kier alpha value is -1.89. The van der Waals surface area contributed by atoms with Crippen LogP contribution < -0.4 is 5.73 Å². The van der Waals surface area contributed by atoms with Crippen molar-refractivity contribution in [2.24, 2.45) is 11.7 Å². The molecule has 1 unspecified atom stereocenters. The number of carboxylic acids is 1. The highest BCUT2D eigenvalue weighted by molar-refractivity contribution is 6.08. The number of halogens is 1. The van der Waals surface area contributed by atoms with E-state index in [1.165, 1.54) is 12.1 Å². The summed E-state index contributed by atoms with van der Waals surface area (Å²) in [5.74, 6) is -1.50. The molecule has 7 heteroatoms.